The number of carbonyl (C=O) groups excluding carboxylic acids is 1. The molecule has 0 aromatic carbocycles. The summed E-state index contributed by atoms with van der Waals surface area (Å²) in [5.41, 5.74) is -0.448. The molecule has 4 heteroatoms. The number of carboxylic acid groups (broad SMARTS) is 1. The average molecular weight is 226 g/mol. The van der Waals surface area contributed by atoms with Crippen LogP contribution in [-0.2, 0) is 14.3 Å². The molecule has 0 aromatic heterocycles. The first-order valence-corrected chi connectivity index (χ1v) is 5.75. The van der Waals surface area contributed by atoms with Crippen LogP contribution in [0.3, 0.4) is 0 Å². The molecule has 2 aliphatic rings. The molecule has 0 aromatic rings. The third-order valence-corrected chi connectivity index (χ3v) is 3.47. The van der Waals surface area contributed by atoms with Crippen LogP contribution in [0.2, 0.25) is 0 Å². The lowest BCUT2D eigenvalue weighted by atomic mass is 10.00. The Hall–Kier alpha value is -1.06. The van der Waals surface area contributed by atoms with Gasteiger partial charge in [0, 0.05) is 0 Å². The average Bonchev–Trinajstić information content (AvgIpc) is 2.60. The maximum Gasteiger partial charge on any atom is 0.309 e. The second-order valence-corrected chi connectivity index (χ2v) is 5.89. The van der Waals surface area contributed by atoms with Crippen LogP contribution in [0.15, 0.2) is 0 Å². The first-order chi connectivity index (χ1) is 7.29. The second-order valence-electron chi connectivity index (χ2n) is 5.89. The van der Waals surface area contributed by atoms with Crippen molar-refractivity contribution >= 4 is 11.9 Å². The lowest BCUT2D eigenvalue weighted by molar-refractivity contribution is -0.160. The van der Waals surface area contributed by atoms with E-state index >= 15 is 0 Å². The van der Waals surface area contributed by atoms with E-state index in [9.17, 15) is 9.59 Å². The van der Waals surface area contributed by atoms with E-state index in [0.29, 0.717) is 12.8 Å². The first-order valence-electron chi connectivity index (χ1n) is 5.75. The van der Waals surface area contributed by atoms with Crippen LogP contribution < -0.4 is 0 Å². The number of hydrogen-bond donors (Lipinski definition) is 1. The topological polar surface area (TPSA) is 63.6 Å². The van der Waals surface area contributed by atoms with Crippen molar-refractivity contribution in [1.82, 2.24) is 0 Å². The van der Waals surface area contributed by atoms with Gasteiger partial charge in [0.15, 0.2) is 0 Å². The summed E-state index contributed by atoms with van der Waals surface area (Å²) in [4.78, 5) is 22.5. The Morgan fingerprint density at radius 1 is 1.19 bits per heavy atom. The summed E-state index contributed by atoms with van der Waals surface area (Å²) in [6.45, 7) is 5.54. The molecular formula is C12H18O4. The molecule has 2 fully saturated rings. The Kier molecular flexibility index (Phi) is 2.48. The number of hydrogen-bond acceptors (Lipinski definition) is 3. The number of aliphatic carboxylic acids is 1. The second kappa shape index (κ2) is 3.47. The van der Waals surface area contributed by atoms with Crippen molar-refractivity contribution in [3.8, 4) is 0 Å². The smallest absolute Gasteiger partial charge is 0.309 e. The molecule has 0 saturated heterocycles. The number of ether oxygens (including phenoxy) is 1. The maximum absolute atomic E-state index is 11.7. The Bertz CT molecular complexity index is 316. The van der Waals surface area contributed by atoms with Crippen LogP contribution in [-0.4, -0.2) is 22.6 Å². The van der Waals surface area contributed by atoms with Gasteiger partial charge in [-0.25, -0.2) is 0 Å². The molecule has 2 atom stereocenters. The monoisotopic (exact) mass is 226 g/mol. The Balaban J connectivity index is 1.85. The van der Waals surface area contributed by atoms with E-state index in [0.717, 1.165) is 0 Å². The zero-order chi connectivity index (χ0) is 12.1. The van der Waals surface area contributed by atoms with Crippen molar-refractivity contribution < 1.29 is 19.4 Å². The van der Waals surface area contributed by atoms with Gasteiger partial charge >= 0.3 is 11.9 Å². The molecule has 2 rings (SSSR count). The van der Waals surface area contributed by atoms with Crippen molar-refractivity contribution in [2.24, 2.45) is 23.7 Å². The van der Waals surface area contributed by atoms with Gasteiger partial charge in [-0.15, -0.1) is 0 Å². The number of carboxylic acids is 1. The zero-order valence-electron chi connectivity index (χ0n) is 9.90. The van der Waals surface area contributed by atoms with Gasteiger partial charge in [0.05, 0.1) is 11.8 Å². The van der Waals surface area contributed by atoms with Crippen molar-refractivity contribution in [3.63, 3.8) is 0 Å². The van der Waals surface area contributed by atoms with Crippen LogP contribution in [0.4, 0.5) is 0 Å². The number of esters is 1. The van der Waals surface area contributed by atoms with Crippen molar-refractivity contribution in [2.45, 2.75) is 39.2 Å². The Labute approximate surface area is 95.0 Å². The molecule has 0 aliphatic heterocycles. The van der Waals surface area contributed by atoms with E-state index in [1.54, 1.807) is 0 Å². The zero-order valence-corrected chi connectivity index (χ0v) is 9.90. The minimum Gasteiger partial charge on any atom is -0.481 e. The van der Waals surface area contributed by atoms with Gasteiger partial charge in [0.1, 0.15) is 5.60 Å². The predicted molar refractivity (Wildman–Crippen MR) is 56.7 cm³/mol. The van der Waals surface area contributed by atoms with Crippen molar-refractivity contribution in [1.29, 1.82) is 0 Å². The summed E-state index contributed by atoms with van der Waals surface area (Å²) < 4.78 is 5.30. The summed E-state index contributed by atoms with van der Waals surface area (Å²) in [7, 11) is 0. The third kappa shape index (κ3) is 2.06. The van der Waals surface area contributed by atoms with E-state index in [-0.39, 0.29) is 29.6 Å². The van der Waals surface area contributed by atoms with Crippen LogP contribution in [0.1, 0.15) is 33.6 Å². The molecule has 90 valence electrons. The number of fused-ring (bicyclic) bond motifs is 1. The number of rotatable bonds is 2. The van der Waals surface area contributed by atoms with Crippen LogP contribution in [0.25, 0.3) is 0 Å². The molecule has 2 aliphatic carbocycles. The van der Waals surface area contributed by atoms with Gasteiger partial charge in [-0.1, -0.05) is 0 Å². The molecule has 4 nitrogen and oxygen atoms in total. The normalized spacial score (nSPS) is 36.7. The van der Waals surface area contributed by atoms with E-state index in [1.165, 1.54) is 0 Å². The molecule has 2 unspecified atom stereocenters. The maximum atomic E-state index is 11.7. The van der Waals surface area contributed by atoms with Gasteiger partial charge in [0.25, 0.3) is 0 Å². The van der Waals surface area contributed by atoms with Crippen molar-refractivity contribution in [3.05, 3.63) is 0 Å². The predicted octanol–water partition coefficient (Wildman–Crippen LogP) is 1.68. The minimum absolute atomic E-state index is 0.0789. The van der Waals surface area contributed by atoms with Gasteiger partial charge in [-0.05, 0) is 45.4 Å². The fourth-order valence-corrected chi connectivity index (χ4v) is 2.78. The fraction of sp³-hybridized carbons (Fsp3) is 0.833. The standard InChI is InChI=1S/C12H18O4/c1-12(2,3)16-11(15)6-4-7-8(5-6)9(7)10(13)14/h6-9H,4-5H2,1-3H3,(H,13,14). The van der Waals surface area contributed by atoms with E-state index < -0.39 is 11.6 Å². The quantitative estimate of drug-likeness (QED) is 0.728. The molecule has 0 heterocycles. The molecule has 1 N–H and O–H groups in total. The Morgan fingerprint density at radius 3 is 2.06 bits per heavy atom. The molecule has 0 amide bonds. The van der Waals surface area contributed by atoms with Gasteiger partial charge in [-0.2, -0.15) is 0 Å². The van der Waals surface area contributed by atoms with Crippen LogP contribution >= 0.6 is 0 Å². The van der Waals surface area contributed by atoms with Gasteiger partial charge < -0.3 is 9.84 Å². The van der Waals surface area contributed by atoms with Crippen molar-refractivity contribution in [2.75, 3.05) is 0 Å². The summed E-state index contributed by atoms with van der Waals surface area (Å²) in [5, 5.41) is 8.85. The lowest BCUT2D eigenvalue weighted by Gasteiger charge is -2.22. The van der Waals surface area contributed by atoms with E-state index in [4.69, 9.17) is 9.84 Å². The summed E-state index contributed by atoms with van der Waals surface area (Å²) in [6, 6.07) is 0. The minimum atomic E-state index is -0.711. The summed E-state index contributed by atoms with van der Waals surface area (Å²) in [5.74, 6) is -0.713. The largest absolute Gasteiger partial charge is 0.481 e. The molecule has 0 radical (unpaired) electrons. The summed E-state index contributed by atoms with van der Waals surface area (Å²) in [6.07, 6.45) is 1.38. The lowest BCUT2D eigenvalue weighted by Crippen LogP contribution is -2.28. The third-order valence-electron chi connectivity index (χ3n) is 3.47. The highest BCUT2D eigenvalue weighted by Crippen LogP contribution is 2.59. The number of carbonyl (C=O) groups is 2. The van der Waals surface area contributed by atoms with Crippen LogP contribution in [0, 0.1) is 23.7 Å². The van der Waals surface area contributed by atoms with Gasteiger partial charge in [-0.3, -0.25) is 9.59 Å². The SMILES string of the molecule is CC(C)(C)OC(=O)C1CC2C(C1)C2C(=O)O. The van der Waals surface area contributed by atoms with Gasteiger partial charge in [0.2, 0.25) is 0 Å². The van der Waals surface area contributed by atoms with Crippen LogP contribution in [0.5, 0.6) is 0 Å². The summed E-state index contributed by atoms with van der Waals surface area (Å²) >= 11 is 0. The fourth-order valence-electron chi connectivity index (χ4n) is 2.78. The highest BCUT2D eigenvalue weighted by Gasteiger charge is 2.61. The molecular weight excluding hydrogens is 208 g/mol. The Morgan fingerprint density at radius 2 is 1.69 bits per heavy atom. The van der Waals surface area contributed by atoms with E-state index in [1.807, 2.05) is 20.8 Å². The molecule has 0 bridgehead atoms. The molecule has 0 spiro atoms. The molecule has 16 heavy (non-hydrogen) atoms. The van der Waals surface area contributed by atoms with E-state index in [2.05, 4.69) is 0 Å². The first kappa shape index (κ1) is 11.4. The highest BCUT2D eigenvalue weighted by molar-refractivity contribution is 5.78. The highest BCUT2D eigenvalue weighted by atomic mass is 16.6. The molecule has 2 saturated carbocycles.